The number of rotatable bonds is 4. The molecule has 2 aromatic heterocycles. The first-order chi connectivity index (χ1) is 12.4. The van der Waals surface area contributed by atoms with Crippen LogP contribution in [0.3, 0.4) is 0 Å². The Balaban J connectivity index is 2.06. The first-order valence-corrected chi connectivity index (χ1v) is 8.62. The van der Waals surface area contributed by atoms with Gasteiger partial charge in [0.25, 0.3) is 0 Å². The van der Waals surface area contributed by atoms with Crippen molar-refractivity contribution in [1.29, 1.82) is 5.26 Å². The van der Waals surface area contributed by atoms with E-state index >= 15 is 0 Å². The average molecular weight is 347 g/mol. The molecule has 3 rings (SSSR count). The quantitative estimate of drug-likeness (QED) is 0.640. The Labute approximate surface area is 152 Å². The molecule has 0 radical (unpaired) electrons. The molecule has 26 heavy (non-hydrogen) atoms. The van der Waals surface area contributed by atoms with Crippen LogP contribution in [-0.2, 0) is 4.74 Å². The van der Waals surface area contributed by atoms with E-state index in [-0.39, 0.29) is 18.1 Å². The van der Waals surface area contributed by atoms with Crippen LogP contribution in [-0.4, -0.2) is 21.6 Å². The molecule has 0 atom stereocenters. The zero-order valence-electron chi connectivity index (χ0n) is 15.4. The number of nitrogens with zero attached hydrogens (tertiary/aromatic N) is 3. The van der Waals surface area contributed by atoms with Crippen molar-refractivity contribution in [2.75, 3.05) is 0 Å². The number of fused-ring (bicyclic) bond motifs is 1. The van der Waals surface area contributed by atoms with E-state index in [1.165, 1.54) is 0 Å². The summed E-state index contributed by atoms with van der Waals surface area (Å²) in [5.41, 5.74) is 3.63. The number of carbonyl (C=O) groups excluding carboxylic acids is 1. The van der Waals surface area contributed by atoms with Gasteiger partial charge in [0.05, 0.1) is 22.9 Å². The van der Waals surface area contributed by atoms with Crippen LogP contribution in [0.2, 0.25) is 0 Å². The number of benzene rings is 1. The predicted octanol–water partition coefficient (Wildman–Crippen LogP) is 4.72. The molecule has 0 aliphatic heterocycles. The van der Waals surface area contributed by atoms with Crippen molar-refractivity contribution in [2.24, 2.45) is 0 Å². The monoisotopic (exact) mass is 347 g/mol. The van der Waals surface area contributed by atoms with E-state index < -0.39 is 0 Å². The Kier molecular flexibility index (Phi) is 4.77. The summed E-state index contributed by atoms with van der Waals surface area (Å²) in [5.74, 6) is -0.367. The smallest absolute Gasteiger partial charge is 0.338 e. The lowest BCUT2D eigenvalue weighted by Crippen LogP contribution is -2.11. The summed E-state index contributed by atoms with van der Waals surface area (Å²) in [6.07, 6.45) is 3.30. The summed E-state index contributed by atoms with van der Waals surface area (Å²) in [6.45, 7) is 7.80. The standard InChI is InChI=1S/C21H21N3O2/c1-13(2)24-12-17(11-22)18-9-15(5-6-20(18)24)19-10-16(7-8-23-19)21(25)26-14(3)4/h5-10,12-14H,1-4H3. The Morgan fingerprint density at radius 1 is 1.19 bits per heavy atom. The summed E-state index contributed by atoms with van der Waals surface area (Å²) in [5, 5.41) is 10.3. The van der Waals surface area contributed by atoms with E-state index in [0.29, 0.717) is 16.8 Å². The van der Waals surface area contributed by atoms with E-state index in [9.17, 15) is 10.1 Å². The lowest BCUT2D eigenvalue weighted by Gasteiger charge is -2.10. The van der Waals surface area contributed by atoms with E-state index in [2.05, 4.69) is 29.5 Å². The number of aromatic nitrogens is 2. The molecule has 0 unspecified atom stereocenters. The maximum Gasteiger partial charge on any atom is 0.338 e. The van der Waals surface area contributed by atoms with Gasteiger partial charge in [0.1, 0.15) is 6.07 Å². The van der Waals surface area contributed by atoms with Crippen LogP contribution in [0.25, 0.3) is 22.2 Å². The number of nitriles is 1. The fourth-order valence-corrected chi connectivity index (χ4v) is 2.93. The zero-order valence-corrected chi connectivity index (χ0v) is 15.4. The summed E-state index contributed by atoms with van der Waals surface area (Å²) < 4.78 is 7.34. The maximum atomic E-state index is 12.1. The molecule has 0 saturated heterocycles. The second kappa shape index (κ2) is 7.01. The Bertz CT molecular complexity index is 1010. The molecular weight excluding hydrogens is 326 g/mol. The highest BCUT2D eigenvalue weighted by molar-refractivity contribution is 5.93. The fourth-order valence-electron chi connectivity index (χ4n) is 2.93. The third-order valence-electron chi connectivity index (χ3n) is 4.14. The summed E-state index contributed by atoms with van der Waals surface area (Å²) >= 11 is 0. The van der Waals surface area contributed by atoms with Crippen molar-refractivity contribution < 1.29 is 9.53 Å². The van der Waals surface area contributed by atoms with Crippen molar-refractivity contribution >= 4 is 16.9 Å². The van der Waals surface area contributed by atoms with Gasteiger partial charge in [-0.25, -0.2) is 4.79 Å². The molecule has 2 heterocycles. The van der Waals surface area contributed by atoms with Gasteiger partial charge in [0.2, 0.25) is 0 Å². The van der Waals surface area contributed by atoms with Gasteiger partial charge in [-0.2, -0.15) is 5.26 Å². The third-order valence-corrected chi connectivity index (χ3v) is 4.14. The lowest BCUT2D eigenvalue weighted by molar-refractivity contribution is 0.0378. The molecule has 5 heteroatoms. The summed E-state index contributed by atoms with van der Waals surface area (Å²) in [4.78, 5) is 16.5. The molecule has 0 aliphatic rings. The van der Waals surface area contributed by atoms with Crippen LogP contribution in [0, 0.1) is 11.3 Å². The van der Waals surface area contributed by atoms with Gasteiger partial charge in [0.15, 0.2) is 0 Å². The number of hydrogen-bond donors (Lipinski definition) is 0. The van der Waals surface area contributed by atoms with E-state index in [1.54, 1.807) is 18.3 Å². The van der Waals surface area contributed by atoms with Crippen LogP contribution in [0.15, 0.2) is 42.7 Å². The van der Waals surface area contributed by atoms with Crippen LogP contribution >= 0.6 is 0 Å². The highest BCUT2D eigenvalue weighted by atomic mass is 16.5. The molecule has 0 N–H and O–H groups in total. The number of ether oxygens (including phenoxy) is 1. The SMILES string of the molecule is CC(C)OC(=O)c1ccnc(-c2ccc3c(c2)c(C#N)cn3C(C)C)c1. The predicted molar refractivity (Wildman–Crippen MR) is 101 cm³/mol. The third kappa shape index (κ3) is 3.31. The summed E-state index contributed by atoms with van der Waals surface area (Å²) in [6, 6.07) is 11.8. The Morgan fingerprint density at radius 3 is 2.62 bits per heavy atom. The Hall–Kier alpha value is -3.13. The molecule has 5 nitrogen and oxygen atoms in total. The molecule has 1 aromatic carbocycles. The Morgan fingerprint density at radius 2 is 1.96 bits per heavy atom. The number of esters is 1. The minimum Gasteiger partial charge on any atom is -0.459 e. The molecule has 0 saturated carbocycles. The van der Waals surface area contributed by atoms with Gasteiger partial charge < -0.3 is 9.30 Å². The van der Waals surface area contributed by atoms with Crippen molar-refractivity contribution in [3.63, 3.8) is 0 Å². The second-order valence-electron chi connectivity index (χ2n) is 6.77. The maximum absolute atomic E-state index is 12.1. The number of pyridine rings is 1. The summed E-state index contributed by atoms with van der Waals surface area (Å²) in [7, 11) is 0. The van der Waals surface area contributed by atoms with Gasteiger partial charge >= 0.3 is 5.97 Å². The minimum absolute atomic E-state index is 0.176. The molecule has 0 aliphatic carbocycles. The van der Waals surface area contributed by atoms with E-state index in [1.807, 2.05) is 38.2 Å². The first-order valence-electron chi connectivity index (χ1n) is 8.62. The molecule has 0 fully saturated rings. The van der Waals surface area contributed by atoms with Gasteiger partial charge in [-0.3, -0.25) is 4.98 Å². The first kappa shape index (κ1) is 17.7. The van der Waals surface area contributed by atoms with E-state index in [4.69, 9.17) is 4.74 Å². The minimum atomic E-state index is -0.367. The highest BCUT2D eigenvalue weighted by Crippen LogP contribution is 2.29. The number of carbonyl (C=O) groups is 1. The van der Waals surface area contributed by atoms with Gasteiger partial charge in [-0.1, -0.05) is 6.07 Å². The molecule has 0 bridgehead atoms. The van der Waals surface area contributed by atoms with Crippen LogP contribution in [0.4, 0.5) is 0 Å². The van der Waals surface area contributed by atoms with Gasteiger partial charge in [-0.15, -0.1) is 0 Å². The van der Waals surface area contributed by atoms with Crippen molar-refractivity contribution in [3.8, 4) is 17.3 Å². The van der Waals surface area contributed by atoms with E-state index in [0.717, 1.165) is 16.5 Å². The second-order valence-corrected chi connectivity index (χ2v) is 6.77. The van der Waals surface area contributed by atoms with Crippen molar-refractivity contribution in [3.05, 3.63) is 53.9 Å². The fraction of sp³-hybridized carbons (Fsp3) is 0.286. The molecule has 132 valence electrons. The van der Waals surface area contributed by atoms with Crippen LogP contribution in [0.1, 0.15) is 49.7 Å². The zero-order chi connectivity index (χ0) is 18.8. The van der Waals surface area contributed by atoms with Crippen LogP contribution < -0.4 is 0 Å². The van der Waals surface area contributed by atoms with Crippen molar-refractivity contribution in [1.82, 2.24) is 9.55 Å². The number of hydrogen-bond acceptors (Lipinski definition) is 4. The molecule has 3 aromatic rings. The topological polar surface area (TPSA) is 67.9 Å². The largest absolute Gasteiger partial charge is 0.459 e. The van der Waals surface area contributed by atoms with Gasteiger partial charge in [0, 0.05) is 34.9 Å². The lowest BCUT2D eigenvalue weighted by atomic mass is 10.1. The average Bonchev–Trinajstić information content (AvgIpc) is 2.99. The van der Waals surface area contributed by atoms with Crippen LogP contribution in [0.5, 0.6) is 0 Å². The normalized spacial score (nSPS) is 11.1. The van der Waals surface area contributed by atoms with Gasteiger partial charge in [-0.05, 0) is 52.0 Å². The highest BCUT2D eigenvalue weighted by Gasteiger charge is 2.14. The van der Waals surface area contributed by atoms with Crippen molar-refractivity contribution in [2.45, 2.75) is 39.8 Å². The molecule has 0 spiro atoms. The molecule has 0 amide bonds. The molecular formula is C21H21N3O2.